The molecule has 2 atom stereocenters. The maximum absolute atomic E-state index is 12.4. The van der Waals surface area contributed by atoms with Gasteiger partial charge in [0.15, 0.2) is 0 Å². The minimum atomic E-state index is -0.525. The molecule has 0 aliphatic carbocycles. The Kier molecular flexibility index (Phi) is 3.69. The van der Waals surface area contributed by atoms with Gasteiger partial charge in [0.25, 0.3) is 0 Å². The summed E-state index contributed by atoms with van der Waals surface area (Å²) in [6.07, 6.45) is 0.787. The van der Waals surface area contributed by atoms with Crippen LogP contribution in [0.4, 0.5) is 4.79 Å². The van der Waals surface area contributed by atoms with Gasteiger partial charge in [0, 0.05) is 6.61 Å². The summed E-state index contributed by atoms with van der Waals surface area (Å²) in [7, 11) is 0. The Bertz CT molecular complexity index is 496. The average Bonchev–Trinajstić information content (AvgIpc) is 3.10. The number of nitrogens with zero attached hydrogens (tertiary/aromatic N) is 1. The van der Waals surface area contributed by atoms with Crippen LogP contribution in [0.2, 0.25) is 0 Å². The van der Waals surface area contributed by atoms with Crippen molar-refractivity contribution in [3.05, 3.63) is 35.9 Å². The van der Waals surface area contributed by atoms with E-state index in [9.17, 15) is 9.59 Å². The Morgan fingerprint density at radius 3 is 2.75 bits per heavy atom. The van der Waals surface area contributed by atoms with Crippen LogP contribution in [0.3, 0.4) is 0 Å². The second-order valence-electron chi connectivity index (χ2n) is 5.19. The number of imide groups is 1. The van der Waals surface area contributed by atoms with Crippen molar-refractivity contribution in [2.24, 2.45) is 5.92 Å². The molecule has 2 saturated heterocycles. The first-order valence-corrected chi connectivity index (χ1v) is 6.87. The zero-order valence-corrected chi connectivity index (χ0v) is 11.2. The van der Waals surface area contributed by atoms with E-state index in [1.165, 1.54) is 4.90 Å². The fourth-order valence-corrected chi connectivity index (χ4v) is 2.69. The van der Waals surface area contributed by atoms with Gasteiger partial charge in [0.2, 0.25) is 5.91 Å². The molecule has 0 radical (unpaired) electrons. The molecule has 2 heterocycles. The predicted octanol–water partition coefficient (Wildman–Crippen LogP) is 1.61. The molecule has 1 aromatic rings. The van der Waals surface area contributed by atoms with Gasteiger partial charge in [0.1, 0.15) is 6.61 Å². The third-order valence-corrected chi connectivity index (χ3v) is 3.79. The van der Waals surface area contributed by atoms with E-state index >= 15 is 0 Å². The molecule has 2 aliphatic rings. The Morgan fingerprint density at radius 2 is 2.05 bits per heavy atom. The van der Waals surface area contributed by atoms with Gasteiger partial charge >= 0.3 is 6.09 Å². The zero-order valence-electron chi connectivity index (χ0n) is 11.2. The lowest BCUT2D eigenvalue weighted by molar-refractivity contribution is -0.133. The third kappa shape index (κ3) is 2.54. The summed E-state index contributed by atoms with van der Waals surface area (Å²) in [4.78, 5) is 25.5. The van der Waals surface area contributed by atoms with Crippen LogP contribution in [0.5, 0.6) is 0 Å². The molecule has 0 N–H and O–H groups in total. The van der Waals surface area contributed by atoms with Crippen LogP contribution in [-0.4, -0.2) is 42.8 Å². The molecule has 0 spiro atoms. The van der Waals surface area contributed by atoms with Gasteiger partial charge in [-0.1, -0.05) is 30.3 Å². The Morgan fingerprint density at radius 1 is 1.25 bits per heavy atom. The van der Waals surface area contributed by atoms with Gasteiger partial charge in [-0.3, -0.25) is 4.79 Å². The SMILES string of the molecule is O=C1OC[C@@H](Cc2ccccc2)N1C(=O)[C@@H]1CCOC1. The van der Waals surface area contributed by atoms with Gasteiger partial charge in [-0.15, -0.1) is 0 Å². The molecule has 1 aromatic carbocycles. The molecule has 20 heavy (non-hydrogen) atoms. The summed E-state index contributed by atoms with van der Waals surface area (Å²) in [6, 6.07) is 9.61. The first-order chi connectivity index (χ1) is 9.75. The molecule has 0 saturated carbocycles. The van der Waals surface area contributed by atoms with E-state index < -0.39 is 6.09 Å². The monoisotopic (exact) mass is 275 g/mol. The van der Waals surface area contributed by atoms with Crippen LogP contribution in [-0.2, 0) is 20.7 Å². The van der Waals surface area contributed by atoms with Crippen LogP contribution in [0.25, 0.3) is 0 Å². The summed E-state index contributed by atoms with van der Waals surface area (Å²) in [5.41, 5.74) is 1.09. The molecule has 106 valence electrons. The van der Waals surface area contributed by atoms with Crippen molar-refractivity contribution in [2.75, 3.05) is 19.8 Å². The number of hydrogen-bond donors (Lipinski definition) is 0. The number of carbonyl (C=O) groups excluding carboxylic acids is 2. The summed E-state index contributed by atoms with van der Waals surface area (Å²) in [6.45, 7) is 1.26. The number of amides is 2. The smallest absolute Gasteiger partial charge is 0.416 e. The van der Waals surface area contributed by atoms with Gasteiger partial charge in [0.05, 0.1) is 18.6 Å². The summed E-state index contributed by atoms with van der Waals surface area (Å²) >= 11 is 0. The predicted molar refractivity (Wildman–Crippen MR) is 71.1 cm³/mol. The largest absolute Gasteiger partial charge is 0.447 e. The Hall–Kier alpha value is -1.88. The van der Waals surface area contributed by atoms with Crippen LogP contribution in [0.15, 0.2) is 30.3 Å². The fraction of sp³-hybridized carbons (Fsp3) is 0.467. The summed E-state index contributed by atoms with van der Waals surface area (Å²) in [5, 5.41) is 0. The molecule has 2 amide bonds. The highest BCUT2D eigenvalue weighted by Crippen LogP contribution is 2.23. The lowest BCUT2D eigenvalue weighted by Gasteiger charge is -2.22. The second-order valence-corrected chi connectivity index (χ2v) is 5.19. The number of hydrogen-bond acceptors (Lipinski definition) is 4. The topological polar surface area (TPSA) is 55.8 Å². The summed E-state index contributed by atoms with van der Waals surface area (Å²) in [5.74, 6) is -0.371. The molecule has 5 nitrogen and oxygen atoms in total. The van der Waals surface area contributed by atoms with Crippen molar-refractivity contribution in [1.29, 1.82) is 0 Å². The molecular formula is C15H17NO4. The van der Waals surface area contributed by atoms with E-state index in [1.54, 1.807) is 0 Å². The molecule has 3 rings (SSSR count). The quantitative estimate of drug-likeness (QED) is 0.841. The first-order valence-electron chi connectivity index (χ1n) is 6.87. The fourth-order valence-electron chi connectivity index (χ4n) is 2.69. The van der Waals surface area contributed by atoms with Gasteiger partial charge in [-0.25, -0.2) is 9.69 Å². The van der Waals surface area contributed by atoms with Crippen molar-refractivity contribution in [2.45, 2.75) is 18.9 Å². The third-order valence-electron chi connectivity index (χ3n) is 3.79. The number of benzene rings is 1. The van der Waals surface area contributed by atoms with Crippen molar-refractivity contribution in [1.82, 2.24) is 4.90 Å². The highest BCUT2D eigenvalue weighted by molar-refractivity contribution is 5.95. The van der Waals surface area contributed by atoms with E-state index in [1.807, 2.05) is 30.3 Å². The van der Waals surface area contributed by atoms with Crippen LogP contribution < -0.4 is 0 Å². The van der Waals surface area contributed by atoms with Crippen molar-refractivity contribution >= 4 is 12.0 Å². The van der Waals surface area contributed by atoms with E-state index in [0.717, 1.165) is 5.56 Å². The molecule has 5 heteroatoms. The van der Waals surface area contributed by atoms with Gasteiger partial charge in [-0.2, -0.15) is 0 Å². The second kappa shape index (κ2) is 5.63. The molecule has 2 aliphatic heterocycles. The molecule has 0 aromatic heterocycles. The molecule has 0 unspecified atom stereocenters. The van der Waals surface area contributed by atoms with Gasteiger partial charge < -0.3 is 9.47 Å². The van der Waals surface area contributed by atoms with Crippen LogP contribution in [0.1, 0.15) is 12.0 Å². The van der Waals surface area contributed by atoms with E-state index in [0.29, 0.717) is 26.1 Å². The van der Waals surface area contributed by atoms with Crippen molar-refractivity contribution < 1.29 is 19.1 Å². The minimum Gasteiger partial charge on any atom is -0.447 e. The van der Waals surface area contributed by atoms with E-state index in [-0.39, 0.29) is 24.5 Å². The Balaban J connectivity index is 1.73. The number of cyclic esters (lactones) is 1. The first kappa shape index (κ1) is 13.1. The van der Waals surface area contributed by atoms with Gasteiger partial charge in [-0.05, 0) is 18.4 Å². The maximum Gasteiger partial charge on any atom is 0.416 e. The van der Waals surface area contributed by atoms with E-state index in [4.69, 9.17) is 9.47 Å². The van der Waals surface area contributed by atoms with Crippen molar-refractivity contribution in [3.8, 4) is 0 Å². The molecule has 0 bridgehead atoms. The Labute approximate surface area is 117 Å². The number of ether oxygens (including phenoxy) is 2. The number of carbonyl (C=O) groups is 2. The molecular weight excluding hydrogens is 258 g/mol. The molecule has 2 fully saturated rings. The average molecular weight is 275 g/mol. The summed E-state index contributed by atoms with van der Waals surface area (Å²) < 4.78 is 10.3. The minimum absolute atomic E-state index is 0.161. The highest BCUT2D eigenvalue weighted by Gasteiger charge is 2.41. The standard InChI is InChI=1S/C15H17NO4/c17-14(12-6-7-19-9-12)16-13(10-20-15(16)18)8-11-4-2-1-3-5-11/h1-5,12-13H,6-10H2/t12-,13-/m1/s1. The van der Waals surface area contributed by atoms with Crippen molar-refractivity contribution in [3.63, 3.8) is 0 Å². The lowest BCUT2D eigenvalue weighted by Crippen LogP contribution is -2.43. The van der Waals surface area contributed by atoms with Crippen LogP contribution >= 0.6 is 0 Å². The normalized spacial score (nSPS) is 25.8. The zero-order chi connectivity index (χ0) is 13.9. The highest BCUT2D eigenvalue weighted by atomic mass is 16.6. The van der Waals surface area contributed by atoms with E-state index in [2.05, 4.69) is 0 Å². The lowest BCUT2D eigenvalue weighted by atomic mass is 10.0. The van der Waals surface area contributed by atoms with Crippen LogP contribution in [0, 0.1) is 5.92 Å². The maximum atomic E-state index is 12.4. The number of rotatable bonds is 3.